The fraction of sp³-hybridized carbons (Fsp3) is 0.500. The van der Waals surface area contributed by atoms with E-state index in [-0.39, 0.29) is 0 Å². The molecule has 0 aromatic carbocycles. The van der Waals surface area contributed by atoms with E-state index in [1.54, 1.807) is 0 Å². The number of aliphatic carboxylic acids is 2. The highest BCUT2D eigenvalue weighted by molar-refractivity contribution is 5.84. The van der Waals surface area contributed by atoms with E-state index in [2.05, 4.69) is 9.78 Å². The highest BCUT2D eigenvalue weighted by Crippen LogP contribution is 2.16. The van der Waals surface area contributed by atoms with Gasteiger partial charge in [0.15, 0.2) is 0 Å². The lowest BCUT2D eigenvalue weighted by atomic mass is 10.2. The van der Waals surface area contributed by atoms with Crippen molar-refractivity contribution in [1.82, 2.24) is 0 Å². The van der Waals surface area contributed by atoms with Gasteiger partial charge in [-0.3, -0.25) is 0 Å². The Hall–Kier alpha value is -1.14. The molecule has 2 atom stereocenters. The second kappa shape index (κ2) is 2.24. The molecule has 1 fully saturated rings. The van der Waals surface area contributed by atoms with E-state index in [1.165, 1.54) is 0 Å². The highest BCUT2D eigenvalue weighted by Gasteiger charge is 2.46. The van der Waals surface area contributed by atoms with Crippen molar-refractivity contribution in [2.24, 2.45) is 0 Å². The molecule has 0 bridgehead atoms. The van der Waals surface area contributed by atoms with Gasteiger partial charge in [0.25, 0.3) is 0 Å². The lowest BCUT2D eigenvalue weighted by molar-refractivity contribution is -0.443. The minimum Gasteiger partial charge on any atom is -0.479 e. The lowest BCUT2D eigenvalue weighted by Crippen LogP contribution is -2.52. The van der Waals surface area contributed by atoms with E-state index in [0.717, 1.165) is 0 Å². The Kier molecular flexibility index (Phi) is 1.56. The van der Waals surface area contributed by atoms with Gasteiger partial charge in [0.05, 0.1) is 0 Å². The normalized spacial score (nSPS) is 30.8. The van der Waals surface area contributed by atoms with Crippen LogP contribution in [0.3, 0.4) is 0 Å². The summed E-state index contributed by atoms with van der Waals surface area (Å²) >= 11 is 0. The number of hydrogen-bond acceptors (Lipinski definition) is 4. The van der Waals surface area contributed by atoms with Crippen molar-refractivity contribution in [3.05, 3.63) is 0 Å². The first-order valence-corrected chi connectivity index (χ1v) is 2.40. The van der Waals surface area contributed by atoms with Crippen LogP contribution in [0.25, 0.3) is 0 Å². The minimum absolute atomic E-state index is 1.33. The molecule has 1 heterocycles. The van der Waals surface area contributed by atoms with Gasteiger partial charge in [-0.15, -0.1) is 0 Å². The highest BCUT2D eigenvalue weighted by atomic mass is 17.3. The Bertz CT molecular complexity index is 155. The van der Waals surface area contributed by atoms with E-state index in [4.69, 9.17) is 10.2 Å². The van der Waals surface area contributed by atoms with Crippen LogP contribution < -0.4 is 0 Å². The first-order valence-electron chi connectivity index (χ1n) is 2.40. The van der Waals surface area contributed by atoms with Gasteiger partial charge >= 0.3 is 11.9 Å². The zero-order valence-electron chi connectivity index (χ0n) is 4.68. The van der Waals surface area contributed by atoms with Crippen molar-refractivity contribution in [2.75, 3.05) is 0 Å². The molecule has 0 aromatic heterocycles. The number of rotatable bonds is 2. The van der Waals surface area contributed by atoms with Gasteiger partial charge in [-0.1, -0.05) is 0 Å². The average molecular weight is 148 g/mol. The second-order valence-corrected chi connectivity index (χ2v) is 1.71. The summed E-state index contributed by atoms with van der Waals surface area (Å²) in [5.74, 6) is -2.67. The zero-order chi connectivity index (χ0) is 7.72. The fourth-order valence-electron chi connectivity index (χ4n) is 0.508. The Morgan fingerprint density at radius 3 is 1.40 bits per heavy atom. The predicted molar refractivity (Wildman–Crippen MR) is 25.0 cm³/mol. The van der Waals surface area contributed by atoms with Crippen molar-refractivity contribution in [2.45, 2.75) is 12.2 Å². The van der Waals surface area contributed by atoms with Gasteiger partial charge in [-0.05, 0) is 0 Å². The molecule has 1 aliphatic rings. The molecule has 56 valence electrons. The SMILES string of the molecule is O=C(O)[C@H]1OO[C@H]1C(=O)O. The summed E-state index contributed by atoms with van der Waals surface area (Å²) in [5, 5.41) is 16.4. The van der Waals surface area contributed by atoms with Crippen LogP contribution in [0.15, 0.2) is 0 Å². The largest absolute Gasteiger partial charge is 0.479 e. The number of carboxylic acid groups (broad SMARTS) is 2. The van der Waals surface area contributed by atoms with Crippen molar-refractivity contribution >= 4 is 11.9 Å². The fourth-order valence-corrected chi connectivity index (χ4v) is 0.508. The molecule has 0 aromatic rings. The van der Waals surface area contributed by atoms with Crippen LogP contribution in [0.5, 0.6) is 0 Å². The van der Waals surface area contributed by atoms with Crippen LogP contribution in [0, 0.1) is 0 Å². The van der Waals surface area contributed by atoms with Crippen molar-refractivity contribution in [3.8, 4) is 0 Å². The Balaban J connectivity index is 2.51. The number of hydrogen-bond donors (Lipinski definition) is 2. The standard InChI is InChI=1S/C4H4O6/c5-3(6)1-2(4(7)8)10-9-1/h1-2H,(H,5,6)(H,7,8)/t1-,2+. The van der Waals surface area contributed by atoms with Crippen molar-refractivity contribution in [3.63, 3.8) is 0 Å². The maximum atomic E-state index is 10.0. The number of carboxylic acids is 2. The molecule has 1 saturated heterocycles. The molecule has 0 amide bonds. The maximum Gasteiger partial charge on any atom is 0.339 e. The zero-order valence-corrected chi connectivity index (χ0v) is 4.68. The Morgan fingerprint density at radius 2 is 1.30 bits per heavy atom. The molecule has 0 spiro atoms. The van der Waals surface area contributed by atoms with E-state index in [0.29, 0.717) is 0 Å². The second-order valence-electron chi connectivity index (χ2n) is 1.71. The van der Waals surface area contributed by atoms with Gasteiger partial charge in [0.2, 0.25) is 12.2 Å². The minimum atomic E-state index is -1.36. The molecule has 0 unspecified atom stereocenters. The van der Waals surface area contributed by atoms with Crippen LogP contribution in [0.4, 0.5) is 0 Å². The third-order valence-electron chi connectivity index (χ3n) is 1.02. The topological polar surface area (TPSA) is 93.1 Å². The molecular weight excluding hydrogens is 144 g/mol. The van der Waals surface area contributed by atoms with Crippen molar-refractivity contribution < 1.29 is 29.6 Å². The number of carbonyl (C=O) groups is 2. The molecule has 0 radical (unpaired) electrons. The smallest absolute Gasteiger partial charge is 0.339 e. The van der Waals surface area contributed by atoms with Gasteiger partial charge in [0.1, 0.15) is 0 Å². The van der Waals surface area contributed by atoms with E-state index < -0.39 is 24.1 Å². The summed E-state index contributed by atoms with van der Waals surface area (Å²) in [4.78, 5) is 28.0. The van der Waals surface area contributed by atoms with Crippen LogP contribution in [0.2, 0.25) is 0 Å². The van der Waals surface area contributed by atoms with Crippen LogP contribution in [-0.2, 0) is 19.4 Å². The molecule has 1 aliphatic heterocycles. The quantitative estimate of drug-likeness (QED) is 0.480. The van der Waals surface area contributed by atoms with Gasteiger partial charge in [-0.2, -0.15) is 0 Å². The molecule has 0 saturated carbocycles. The maximum absolute atomic E-state index is 10.0. The van der Waals surface area contributed by atoms with Gasteiger partial charge in [-0.25, -0.2) is 19.4 Å². The van der Waals surface area contributed by atoms with E-state index >= 15 is 0 Å². The summed E-state index contributed by atoms with van der Waals surface area (Å²) < 4.78 is 0. The van der Waals surface area contributed by atoms with E-state index in [1.807, 2.05) is 0 Å². The van der Waals surface area contributed by atoms with Crippen LogP contribution in [0.1, 0.15) is 0 Å². The molecular formula is C4H4O6. The summed E-state index contributed by atoms with van der Waals surface area (Å²) in [6.07, 6.45) is -2.73. The predicted octanol–water partition coefficient (Wildman–Crippen LogP) is -1.15. The first-order chi connectivity index (χ1) is 4.63. The monoisotopic (exact) mass is 148 g/mol. The molecule has 6 nitrogen and oxygen atoms in total. The van der Waals surface area contributed by atoms with Crippen LogP contribution in [-0.4, -0.2) is 34.4 Å². The molecule has 6 heteroatoms. The Morgan fingerprint density at radius 1 is 1.00 bits per heavy atom. The van der Waals surface area contributed by atoms with Gasteiger partial charge in [0, 0.05) is 0 Å². The summed E-state index contributed by atoms with van der Waals surface area (Å²) in [6.45, 7) is 0. The Labute approximate surface area is 54.9 Å². The van der Waals surface area contributed by atoms with Crippen LogP contribution >= 0.6 is 0 Å². The molecule has 10 heavy (non-hydrogen) atoms. The van der Waals surface area contributed by atoms with Gasteiger partial charge < -0.3 is 10.2 Å². The molecule has 1 rings (SSSR count). The summed E-state index contributed by atoms with van der Waals surface area (Å²) in [7, 11) is 0. The third kappa shape index (κ3) is 0.937. The molecule has 0 aliphatic carbocycles. The molecule has 2 N–H and O–H groups in total. The summed E-state index contributed by atoms with van der Waals surface area (Å²) in [6, 6.07) is 0. The third-order valence-corrected chi connectivity index (χ3v) is 1.02. The summed E-state index contributed by atoms with van der Waals surface area (Å²) in [5.41, 5.74) is 0. The van der Waals surface area contributed by atoms with E-state index in [9.17, 15) is 9.59 Å². The van der Waals surface area contributed by atoms with Crippen molar-refractivity contribution in [1.29, 1.82) is 0 Å². The first kappa shape index (κ1) is 6.97. The lowest BCUT2D eigenvalue weighted by Gasteiger charge is -2.27. The average Bonchev–Trinajstić information content (AvgIpc) is 1.56.